The van der Waals surface area contributed by atoms with Crippen molar-refractivity contribution in [3.8, 4) is 0 Å². The van der Waals surface area contributed by atoms with Crippen LogP contribution in [0.15, 0.2) is 24.3 Å². The SMILES string of the molecule is CC1(NS(=O)(=O)Cc2ccccc2CN)CCCC1. The fourth-order valence-electron chi connectivity index (χ4n) is 2.77. The summed E-state index contributed by atoms with van der Waals surface area (Å²) in [6, 6.07) is 7.44. The quantitative estimate of drug-likeness (QED) is 0.866. The maximum Gasteiger partial charge on any atom is 0.216 e. The van der Waals surface area contributed by atoms with Crippen LogP contribution in [0, 0.1) is 0 Å². The smallest absolute Gasteiger partial charge is 0.216 e. The molecule has 0 spiro atoms. The Labute approximate surface area is 115 Å². The number of nitrogens with two attached hydrogens (primary N) is 1. The molecule has 1 saturated carbocycles. The van der Waals surface area contributed by atoms with Crippen LogP contribution < -0.4 is 10.5 Å². The molecule has 2 rings (SSSR count). The zero-order chi connectivity index (χ0) is 13.9. The number of hydrogen-bond acceptors (Lipinski definition) is 3. The molecular formula is C14H22N2O2S. The van der Waals surface area contributed by atoms with E-state index in [0.717, 1.165) is 36.8 Å². The van der Waals surface area contributed by atoms with Gasteiger partial charge in [0, 0.05) is 12.1 Å². The number of sulfonamides is 1. The van der Waals surface area contributed by atoms with Crippen LogP contribution in [-0.2, 0) is 22.3 Å². The summed E-state index contributed by atoms with van der Waals surface area (Å²) in [5.74, 6) is 0.00988. The first-order chi connectivity index (χ1) is 8.94. The topological polar surface area (TPSA) is 72.2 Å². The van der Waals surface area contributed by atoms with E-state index in [4.69, 9.17) is 5.73 Å². The second kappa shape index (κ2) is 5.61. The van der Waals surface area contributed by atoms with Crippen LogP contribution in [0.3, 0.4) is 0 Å². The summed E-state index contributed by atoms with van der Waals surface area (Å²) in [6.45, 7) is 2.36. The summed E-state index contributed by atoms with van der Waals surface area (Å²) in [4.78, 5) is 0. The Morgan fingerprint density at radius 3 is 2.37 bits per heavy atom. The van der Waals surface area contributed by atoms with Gasteiger partial charge in [-0.3, -0.25) is 0 Å². The monoisotopic (exact) mass is 282 g/mol. The van der Waals surface area contributed by atoms with Crippen molar-refractivity contribution in [2.45, 2.75) is 50.4 Å². The molecule has 0 radical (unpaired) electrons. The second-order valence-corrected chi connectivity index (χ2v) is 7.32. The number of hydrogen-bond donors (Lipinski definition) is 2. The minimum Gasteiger partial charge on any atom is -0.326 e. The molecule has 4 nitrogen and oxygen atoms in total. The first kappa shape index (κ1) is 14.5. The highest BCUT2D eigenvalue weighted by Gasteiger charge is 2.32. The standard InChI is InChI=1S/C14H22N2O2S/c1-14(8-4-5-9-14)16-19(17,18)11-13-7-3-2-6-12(13)10-15/h2-3,6-7,16H,4-5,8-11,15H2,1H3. The van der Waals surface area contributed by atoms with Gasteiger partial charge in [0.25, 0.3) is 0 Å². The Morgan fingerprint density at radius 1 is 1.21 bits per heavy atom. The Morgan fingerprint density at radius 2 is 1.79 bits per heavy atom. The van der Waals surface area contributed by atoms with Crippen LogP contribution in [0.4, 0.5) is 0 Å². The first-order valence-electron chi connectivity index (χ1n) is 6.73. The highest BCUT2D eigenvalue weighted by molar-refractivity contribution is 7.88. The van der Waals surface area contributed by atoms with Crippen molar-refractivity contribution in [2.24, 2.45) is 5.73 Å². The maximum atomic E-state index is 12.3. The van der Waals surface area contributed by atoms with Crippen molar-refractivity contribution in [3.63, 3.8) is 0 Å². The van der Waals surface area contributed by atoms with Crippen molar-refractivity contribution in [1.82, 2.24) is 4.72 Å². The van der Waals surface area contributed by atoms with Crippen LogP contribution in [0.2, 0.25) is 0 Å². The highest BCUT2D eigenvalue weighted by Crippen LogP contribution is 2.30. The van der Waals surface area contributed by atoms with Crippen molar-refractivity contribution >= 4 is 10.0 Å². The largest absolute Gasteiger partial charge is 0.326 e. The molecule has 1 aromatic carbocycles. The van der Waals surface area contributed by atoms with E-state index in [1.54, 1.807) is 0 Å². The van der Waals surface area contributed by atoms with Gasteiger partial charge >= 0.3 is 0 Å². The number of benzene rings is 1. The summed E-state index contributed by atoms with van der Waals surface area (Å²) in [6.07, 6.45) is 4.03. The van der Waals surface area contributed by atoms with Crippen molar-refractivity contribution in [3.05, 3.63) is 35.4 Å². The summed E-state index contributed by atoms with van der Waals surface area (Å²) in [5.41, 5.74) is 7.06. The van der Waals surface area contributed by atoms with E-state index in [1.807, 2.05) is 31.2 Å². The van der Waals surface area contributed by atoms with Gasteiger partial charge in [0.15, 0.2) is 0 Å². The second-order valence-electron chi connectivity index (χ2n) is 5.60. The molecule has 0 atom stereocenters. The molecule has 1 aliphatic rings. The van der Waals surface area contributed by atoms with Crippen molar-refractivity contribution in [1.29, 1.82) is 0 Å². The van der Waals surface area contributed by atoms with E-state index in [-0.39, 0.29) is 11.3 Å². The summed E-state index contributed by atoms with van der Waals surface area (Å²) in [7, 11) is -3.31. The Bertz CT molecular complexity index is 534. The summed E-state index contributed by atoms with van der Waals surface area (Å²) >= 11 is 0. The lowest BCUT2D eigenvalue weighted by Crippen LogP contribution is -2.44. The average molecular weight is 282 g/mol. The fourth-order valence-corrected chi connectivity index (χ4v) is 4.49. The first-order valence-corrected chi connectivity index (χ1v) is 8.38. The molecule has 0 aromatic heterocycles. The van der Waals surface area contributed by atoms with Gasteiger partial charge in [-0.1, -0.05) is 37.1 Å². The molecular weight excluding hydrogens is 260 g/mol. The number of nitrogens with one attached hydrogen (secondary N) is 1. The summed E-state index contributed by atoms with van der Waals surface area (Å²) in [5, 5.41) is 0. The molecule has 0 amide bonds. The molecule has 0 bridgehead atoms. The zero-order valence-electron chi connectivity index (χ0n) is 11.4. The van der Waals surface area contributed by atoms with Crippen molar-refractivity contribution in [2.75, 3.05) is 0 Å². The molecule has 1 aromatic rings. The lowest BCUT2D eigenvalue weighted by molar-refractivity contribution is 0.427. The Kier molecular flexibility index (Phi) is 4.28. The van der Waals surface area contributed by atoms with Gasteiger partial charge in [-0.2, -0.15) is 0 Å². The molecule has 0 saturated heterocycles. The maximum absolute atomic E-state index is 12.3. The van der Waals surface area contributed by atoms with Crippen LogP contribution in [0.5, 0.6) is 0 Å². The van der Waals surface area contributed by atoms with Crippen LogP contribution in [0.1, 0.15) is 43.7 Å². The predicted molar refractivity (Wildman–Crippen MR) is 77.0 cm³/mol. The van der Waals surface area contributed by atoms with Crippen molar-refractivity contribution < 1.29 is 8.42 Å². The molecule has 0 heterocycles. The summed E-state index contributed by atoms with van der Waals surface area (Å²) < 4.78 is 27.4. The Hall–Kier alpha value is -0.910. The zero-order valence-corrected chi connectivity index (χ0v) is 12.2. The molecule has 1 fully saturated rings. The van der Waals surface area contributed by atoms with Gasteiger partial charge in [-0.15, -0.1) is 0 Å². The lowest BCUT2D eigenvalue weighted by atomic mass is 10.0. The lowest BCUT2D eigenvalue weighted by Gasteiger charge is -2.25. The van der Waals surface area contributed by atoms with E-state index in [2.05, 4.69) is 4.72 Å². The Balaban J connectivity index is 2.12. The van der Waals surface area contributed by atoms with Gasteiger partial charge in [0.05, 0.1) is 5.75 Å². The van der Waals surface area contributed by atoms with E-state index >= 15 is 0 Å². The highest BCUT2D eigenvalue weighted by atomic mass is 32.2. The molecule has 0 unspecified atom stereocenters. The number of rotatable bonds is 5. The third-order valence-corrected chi connectivity index (χ3v) is 5.29. The minimum atomic E-state index is -3.31. The molecule has 19 heavy (non-hydrogen) atoms. The molecule has 5 heteroatoms. The normalized spacial score (nSPS) is 18.6. The van der Waals surface area contributed by atoms with E-state index in [9.17, 15) is 8.42 Å². The van der Waals surface area contributed by atoms with E-state index in [1.165, 1.54) is 0 Å². The minimum absolute atomic E-state index is 0.00988. The molecule has 106 valence electrons. The molecule has 0 aliphatic heterocycles. The average Bonchev–Trinajstić information content (AvgIpc) is 2.74. The van der Waals surface area contributed by atoms with Gasteiger partial charge in [0.2, 0.25) is 10.0 Å². The third-order valence-electron chi connectivity index (χ3n) is 3.79. The molecule has 1 aliphatic carbocycles. The van der Waals surface area contributed by atoms with Crippen LogP contribution in [0.25, 0.3) is 0 Å². The van der Waals surface area contributed by atoms with Crippen LogP contribution in [-0.4, -0.2) is 14.0 Å². The third kappa shape index (κ3) is 3.78. The van der Waals surface area contributed by atoms with Gasteiger partial charge < -0.3 is 5.73 Å². The van der Waals surface area contributed by atoms with Gasteiger partial charge in [-0.05, 0) is 30.9 Å². The van der Waals surface area contributed by atoms with E-state index in [0.29, 0.717) is 6.54 Å². The van der Waals surface area contributed by atoms with Crippen LogP contribution >= 0.6 is 0 Å². The van der Waals surface area contributed by atoms with Gasteiger partial charge in [0.1, 0.15) is 0 Å². The van der Waals surface area contributed by atoms with E-state index < -0.39 is 10.0 Å². The predicted octanol–water partition coefficient (Wildman–Crippen LogP) is 1.90. The van der Waals surface area contributed by atoms with Gasteiger partial charge in [-0.25, -0.2) is 13.1 Å². The molecule has 3 N–H and O–H groups in total. The fraction of sp³-hybridized carbons (Fsp3) is 0.571.